The minimum Gasteiger partial charge on any atom is -0.264 e. The van der Waals surface area contributed by atoms with Gasteiger partial charge in [0.15, 0.2) is 0 Å². The third-order valence-electron chi connectivity index (χ3n) is 1.40. The van der Waals surface area contributed by atoms with Crippen molar-refractivity contribution in [2.24, 2.45) is 0 Å². The Morgan fingerprint density at radius 3 is 2.91 bits per heavy atom. The molecule has 0 aromatic heterocycles. The van der Waals surface area contributed by atoms with Crippen molar-refractivity contribution in [1.29, 1.82) is 0 Å². The van der Waals surface area contributed by atoms with E-state index in [1.54, 1.807) is 12.4 Å². The van der Waals surface area contributed by atoms with Crippen molar-refractivity contribution < 1.29 is 0 Å². The van der Waals surface area contributed by atoms with Crippen molar-refractivity contribution >= 4 is 12.4 Å². The summed E-state index contributed by atoms with van der Waals surface area (Å²) in [6, 6.07) is 5.78. The van der Waals surface area contributed by atoms with Gasteiger partial charge in [-0.1, -0.05) is 0 Å². The van der Waals surface area contributed by atoms with Gasteiger partial charge in [-0.15, -0.1) is 12.4 Å². The van der Waals surface area contributed by atoms with Gasteiger partial charge in [0, 0.05) is 24.2 Å². The van der Waals surface area contributed by atoms with Crippen LogP contribution in [0, 0.1) is 0 Å². The molecule has 2 nitrogen and oxygen atoms in total. The first-order chi connectivity index (χ1) is 4.97. The quantitative estimate of drug-likeness (QED) is 0.598. The normalized spacial score (nSPS) is 9.09. The zero-order valence-corrected chi connectivity index (χ0v) is 6.58. The van der Waals surface area contributed by atoms with Crippen molar-refractivity contribution in [3.8, 4) is 11.3 Å². The number of hydrogen-bond acceptors (Lipinski definition) is 2. The van der Waals surface area contributed by atoms with Crippen LogP contribution in [0.1, 0.15) is 0 Å². The first-order valence-corrected chi connectivity index (χ1v) is 3.11. The number of halogens is 1. The van der Waals surface area contributed by atoms with Gasteiger partial charge in [0.2, 0.25) is 0 Å². The molecule has 2 aliphatic rings. The Balaban J connectivity index is 0.000000605. The zero-order chi connectivity index (χ0) is 6.81. The van der Waals surface area contributed by atoms with Crippen LogP contribution in [0.25, 0.3) is 11.3 Å². The molecule has 0 bridgehead atoms. The molecule has 3 heteroatoms. The Hall–Kier alpha value is -1.15. The van der Waals surface area contributed by atoms with Crippen molar-refractivity contribution in [2.75, 3.05) is 0 Å². The van der Waals surface area contributed by atoms with Gasteiger partial charge >= 0.3 is 0 Å². The van der Waals surface area contributed by atoms with Gasteiger partial charge in [-0.05, 0) is 18.2 Å². The Labute approximate surface area is 71.1 Å². The van der Waals surface area contributed by atoms with Gasteiger partial charge in [-0.25, -0.2) is 0 Å². The Bertz CT molecular complexity index is 283. The lowest BCUT2D eigenvalue weighted by Crippen LogP contribution is -1.66. The van der Waals surface area contributed by atoms with E-state index in [-0.39, 0.29) is 12.4 Å². The SMILES string of the molecule is Cl.c1cncc2ccnc-2c1. The molecule has 2 aliphatic heterocycles. The van der Waals surface area contributed by atoms with E-state index in [4.69, 9.17) is 0 Å². The van der Waals surface area contributed by atoms with E-state index in [2.05, 4.69) is 9.97 Å². The molecule has 0 aromatic carbocycles. The van der Waals surface area contributed by atoms with Crippen LogP contribution in [0.2, 0.25) is 0 Å². The van der Waals surface area contributed by atoms with Gasteiger partial charge in [-0.2, -0.15) is 0 Å². The van der Waals surface area contributed by atoms with Crippen molar-refractivity contribution in [2.45, 2.75) is 0 Å². The highest BCUT2D eigenvalue weighted by Gasteiger charge is 1.97. The fourth-order valence-corrected chi connectivity index (χ4v) is 0.913. The average molecular weight is 167 g/mol. The molecule has 0 atom stereocenters. The average Bonchev–Trinajstić information content (AvgIpc) is 2.28. The summed E-state index contributed by atoms with van der Waals surface area (Å²) in [7, 11) is 0. The van der Waals surface area contributed by atoms with E-state index in [1.807, 2.05) is 24.4 Å². The van der Waals surface area contributed by atoms with Crippen molar-refractivity contribution in [1.82, 2.24) is 9.97 Å². The number of rotatable bonds is 0. The fourth-order valence-electron chi connectivity index (χ4n) is 0.913. The fraction of sp³-hybridized carbons (Fsp3) is 0. The Morgan fingerprint density at radius 1 is 1.09 bits per heavy atom. The molecule has 0 radical (unpaired) electrons. The summed E-state index contributed by atoms with van der Waals surface area (Å²) in [5, 5.41) is 0. The van der Waals surface area contributed by atoms with Crippen LogP contribution >= 0.6 is 12.4 Å². The van der Waals surface area contributed by atoms with E-state index in [0.29, 0.717) is 0 Å². The number of nitrogens with zero attached hydrogens (tertiary/aromatic N) is 2. The molecule has 2 rings (SSSR count). The maximum absolute atomic E-state index is 4.12. The first kappa shape index (κ1) is 7.95. The monoisotopic (exact) mass is 166 g/mol. The molecule has 0 saturated heterocycles. The highest BCUT2D eigenvalue weighted by Crippen LogP contribution is 2.15. The maximum Gasteiger partial charge on any atom is 0.0718 e. The molecule has 0 aliphatic carbocycles. The van der Waals surface area contributed by atoms with Gasteiger partial charge in [-0.3, -0.25) is 9.97 Å². The molecule has 11 heavy (non-hydrogen) atoms. The second kappa shape index (κ2) is 3.30. The second-order valence-corrected chi connectivity index (χ2v) is 2.07. The molecule has 0 N–H and O–H groups in total. The molecule has 0 spiro atoms. The van der Waals surface area contributed by atoms with E-state index < -0.39 is 0 Å². The van der Waals surface area contributed by atoms with Crippen molar-refractivity contribution in [3.63, 3.8) is 0 Å². The second-order valence-electron chi connectivity index (χ2n) is 2.07. The molecule has 0 unspecified atom stereocenters. The highest BCUT2D eigenvalue weighted by molar-refractivity contribution is 5.85. The predicted octanol–water partition coefficient (Wildman–Crippen LogP) is 2.00. The summed E-state index contributed by atoms with van der Waals surface area (Å²) in [4.78, 5) is 8.13. The minimum atomic E-state index is 0. The lowest BCUT2D eigenvalue weighted by Gasteiger charge is -1.82. The third-order valence-corrected chi connectivity index (χ3v) is 1.40. The van der Waals surface area contributed by atoms with Crippen LogP contribution in [-0.2, 0) is 0 Å². The van der Waals surface area contributed by atoms with Gasteiger partial charge in [0.1, 0.15) is 0 Å². The summed E-state index contributed by atoms with van der Waals surface area (Å²) in [5.41, 5.74) is 2.09. The van der Waals surface area contributed by atoms with Crippen LogP contribution < -0.4 is 0 Å². The molecular weight excluding hydrogens is 160 g/mol. The maximum atomic E-state index is 4.12. The molecule has 0 aromatic rings. The van der Waals surface area contributed by atoms with E-state index in [1.165, 1.54) is 0 Å². The predicted molar refractivity (Wildman–Crippen MR) is 45.9 cm³/mol. The summed E-state index contributed by atoms with van der Waals surface area (Å²) < 4.78 is 0. The summed E-state index contributed by atoms with van der Waals surface area (Å²) in [6.45, 7) is 0. The van der Waals surface area contributed by atoms with Gasteiger partial charge < -0.3 is 0 Å². The topological polar surface area (TPSA) is 25.8 Å². The lowest BCUT2D eigenvalue weighted by atomic mass is 10.3. The minimum absolute atomic E-state index is 0. The van der Waals surface area contributed by atoms with E-state index in [0.717, 1.165) is 11.3 Å². The third kappa shape index (κ3) is 1.46. The van der Waals surface area contributed by atoms with Crippen LogP contribution in [0.15, 0.2) is 36.8 Å². The molecular formula is C8H7ClN2. The number of fused-ring (bicyclic) bond motifs is 1. The summed E-state index contributed by atoms with van der Waals surface area (Å²) in [5.74, 6) is 0. The standard InChI is InChI=1S/C8H6N2.ClH/c1-2-8-7(3-5-10-8)6-9-4-1;/h1-6H;1H. The largest absolute Gasteiger partial charge is 0.264 e. The molecule has 2 heterocycles. The van der Waals surface area contributed by atoms with Crippen LogP contribution in [0.3, 0.4) is 0 Å². The molecule has 56 valence electrons. The van der Waals surface area contributed by atoms with Crippen LogP contribution in [0.4, 0.5) is 0 Å². The highest BCUT2D eigenvalue weighted by atomic mass is 35.5. The number of hydrogen-bond donors (Lipinski definition) is 0. The Morgan fingerprint density at radius 2 is 2.00 bits per heavy atom. The van der Waals surface area contributed by atoms with E-state index in [9.17, 15) is 0 Å². The van der Waals surface area contributed by atoms with Crippen LogP contribution in [0.5, 0.6) is 0 Å². The zero-order valence-electron chi connectivity index (χ0n) is 5.77. The Kier molecular flexibility index (Phi) is 2.39. The molecule has 0 fully saturated rings. The lowest BCUT2D eigenvalue weighted by molar-refractivity contribution is 1.37. The van der Waals surface area contributed by atoms with Crippen LogP contribution in [-0.4, -0.2) is 9.97 Å². The van der Waals surface area contributed by atoms with Gasteiger partial charge in [0.25, 0.3) is 0 Å². The van der Waals surface area contributed by atoms with Gasteiger partial charge in [0.05, 0.1) is 5.69 Å². The summed E-state index contributed by atoms with van der Waals surface area (Å²) in [6.07, 6.45) is 5.34. The van der Waals surface area contributed by atoms with E-state index >= 15 is 0 Å². The number of aromatic nitrogens is 2. The smallest absolute Gasteiger partial charge is 0.0718 e. The summed E-state index contributed by atoms with van der Waals surface area (Å²) >= 11 is 0. The first-order valence-electron chi connectivity index (χ1n) is 3.11. The van der Waals surface area contributed by atoms with Crippen molar-refractivity contribution in [3.05, 3.63) is 36.8 Å². The molecule has 0 amide bonds. The molecule has 0 saturated carbocycles.